The van der Waals surface area contributed by atoms with Crippen molar-refractivity contribution in [1.82, 2.24) is 19.8 Å². The lowest BCUT2D eigenvalue weighted by molar-refractivity contribution is 0.568. The van der Waals surface area contributed by atoms with E-state index in [1.165, 1.54) is 42.6 Å². The molecule has 5 nitrogen and oxygen atoms in total. The highest BCUT2D eigenvalue weighted by molar-refractivity contribution is 5.61. The van der Waals surface area contributed by atoms with Crippen molar-refractivity contribution >= 4 is 11.5 Å². The fourth-order valence-electron chi connectivity index (χ4n) is 3.26. The normalized spacial score (nSPS) is 19.4. The lowest BCUT2D eigenvalue weighted by Gasteiger charge is -2.29. The number of hydrogen-bond donors (Lipinski definition) is 0. The molecule has 0 saturated carbocycles. The van der Waals surface area contributed by atoms with Gasteiger partial charge in [-0.3, -0.25) is 0 Å². The molecule has 18 heavy (non-hydrogen) atoms. The van der Waals surface area contributed by atoms with Gasteiger partial charge in [-0.1, -0.05) is 0 Å². The van der Waals surface area contributed by atoms with Gasteiger partial charge < -0.3 is 4.90 Å². The Balaban J connectivity index is 1.88. The zero-order chi connectivity index (χ0) is 11.9. The van der Waals surface area contributed by atoms with Gasteiger partial charge in [-0.25, -0.2) is 0 Å². The van der Waals surface area contributed by atoms with Crippen LogP contribution in [0.15, 0.2) is 6.33 Å². The van der Waals surface area contributed by atoms with Gasteiger partial charge in [0.1, 0.15) is 6.33 Å². The first kappa shape index (κ1) is 10.3. The van der Waals surface area contributed by atoms with Crippen LogP contribution in [0.1, 0.15) is 36.8 Å². The summed E-state index contributed by atoms with van der Waals surface area (Å²) in [7, 11) is 0. The van der Waals surface area contributed by atoms with E-state index in [9.17, 15) is 0 Å². The maximum atomic E-state index is 4.75. The third-order valence-electron chi connectivity index (χ3n) is 4.15. The van der Waals surface area contributed by atoms with Crippen molar-refractivity contribution in [2.45, 2.75) is 38.5 Å². The molecule has 2 aromatic rings. The largest absolute Gasteiger partial charge is 0.355 e. The van der Waals surface area contributed by atoms with Crippen molar-refractivity contribution < 1.29 is 0 Å². The zero-order valence-electron chi connectivity index (χ0n) is 10.5. The summed E-state index contributed by atoms with van der Waals surface area (Å²) >= 11 is 0. The lowest BCUT2D eigenvalue weighted by Crippen LogP contribution is -2.31. The van der Waals surface area contributed by atoms with E-state index in [2.05, 4.69) is 15.1 Å². The summed E-state index contributed by atoms with van der Waals surface area (Å²) in [5.74, 6) is 1.19. The fraction of sp³-hybridized carbons (Fsp3) is 0.615. The molecule has 0 radical (unpaired) electrons. The molecule has 0 unspecified atom stereocenters. The maximum absolute atomic E-state index is 4.75. The molecule has 0 atom stereocenters. The van der Waals surface area contributed by atoms with Crippen LogP contribution >= 0.6 is 0 Å². The minimum atomic E-state index is 0.961. The maximum Gasteiger partial charge on any atom is 0.181 e. The topological polar surface area (TPSA) is 46.3 Å². The third kappa shape index (κ3) is 1.43. The van der Waals surface area contributed by atoms with Crippen LogP contribution in [0.4, 0.5) is 5.82 Å². The molecule has 1 saturated heterocycles. The second-order valence-corrected chi connectivity index (χ2v) is 5.28. The van der Waals surface area contributed by atoms with Crippen LogP contribution in [-0.2, 0) is 12.8 Å². The van der Waals surface area contributed by atoms with Gasteiger partial charge in [0, 0.05) is 24.2 Å². The average Bonchev–Trinajstić information content (AvgIpc) is 3.06. The minimum absolute atomic E-state index is 0.961. The summed E-state index contributed by atoms with van der Waals surface area (Å²) < 4.78 is 1.86. The smallest absolute Gasteiger partial charge is 0.181 e. The Hall–Kier alpha value is -1.65. The van der Waals surface area contributed by atoms with E-state index in [1.807, 2.05) is 4.52 Å². The molecule has 0 spiro atoms. The van der Waals surface area contributed by atoms with Gasteiger partial charge in [0.25, 0.3) is 0 Å². The van der Waals surface area contributed by atoms with Gasteiger partial charge in [-0.05, 0) is 38.5 Å². The Kier molecular flexibility index (Phi) is 2.25. The summed E-state index contributed by atoms with van der Waals surface area (Å²) in [6.07, 6.45) is 9.16. The van der Waals surface area contributed by atoms with Crippen LogP contribution in [0.2, 0.25) is 0 Å². The molecular weight excluding hydrogens is 226 g/mol. The highest BCUT2D eigenvalue weighted by Gasteiger charge is 2.25. The molecule has 0 amide bonds. The molecule has 3 heterocycles. The highest BCUT2D eigenvalue weighted by Crippen LogP contribution is 2.32. The van der Waals surface area contributed by atoms with Crippen LogP contribution in [0.5, 0.6) is 0 Å². The first-order valence-corrected chi connectivity index (χ1v) is 6.90. The number of anilines is 1. The molecule has 5 heteroatoms. The van der Waals surface area contributed by atoms with E-state index in [0.717, 1.165) is 31.6 Å². The van der Waals surface area contributed by atoms with Crippen molar-refractivity contribution in [2.75, 3.05) is 18.0 Å². The van der Waals surface area contributed by atoms with Crippen LogP contribution < -0.4 is 4.90 Å². The SMILES string of the molecule is c1nnc2c3c(c(N4CCCCC4)nn12)CCC3. The monoisotopic (exact) mass is 243 g/mol. The molecule has 0 aromatic carbocycles. The Labute approximate surface area is 106 Å². The molecule has 2 aromatic heterocycles. The molecule has 0 N–H and O–H groups in total. The predicted octanol–water partition coefficient (Wildman–Crippen LogP) is 1.60. The molecular formula is C13H17N5. The summed E-state index contributed by atoms with van der Waals surface area (Å²) in [6.45, 7) is 2.29. The number of fused-ring (bicyclic) bond motifs is 3. The minimum Gasteiger partial charge on any atom is -0.355 e. The molecule has 1 aliphatic carbocycles. The molecule has 1 fully saturated rings. The van der Waals surface area contributed by atoms with Crippen molar-refractivity contribution in [2.24, 2.45) is 0 Å². The summed E-state index contributed by atoms with van der Waals surface area (Å²) in [5.41, 5.74) is 3.77. The first-order chi connectivity index (χ1) is 8.93. The quantitative estimate of drug-likeness (QED) is 0.763. The molecule has 4 rings (SSSR count). The molecule has 2 aliphatic rings. The summed E-state index contributed by atoms with van der Waals surface area (Å²) in [6, 6.07) is 0. The Morgan fingerprint density at radius 2 is 1.78 bits per heavy atom. The Morgan fingerprint density at radius 3 is 2.67 bits per heavy atom. The highest BCUT2D eigenvalue weighted by atomic mass is 15.4. The van der Waals surface area contributed by atoms with Gasteiger partial charge in [0.15, 0.2) is 11.5 Å². The van der Waals surface area contributed by atoms with E-state index in [4.69, 9.17) is 5.10 Å². The van der Waals surface area contributed by atoms with Crippen molar-refractivity contribution in [3.05, 3.63) is 17.5 Å². The number of aryl methyl sites for hydroxylation is 1. The summed E-state index contributed by atoms with van der Waals surface area (Å²) in [4.78, 5) is 2.45. The van der Waals surface area contributed by atoms with E-state index in [1.54, 1.807) is 6.33 Å². The van der Waals surface area contributed by atoms with Crippen LogP contribution in [0, 0.1) is 0 Å². The van der Waals surface area contributed by atoms with Crippen LogP contribution in [0.3, 0.4) is 0 Å². The number of rotatable bonds is 1. The molecule has 1 aliphatic heterocycles. The van der Waals surface area contributed by atoms with E-state index in [0.29, 0.717) is 0 Å². The number of hydrogen-bond acceptors (Lipinski definition) is 4. The Morgan fingerprint density at radius 1 is 0.944 bits per heavy atom. The second-order valence-electron chi connectivity index (χ2n) is 5.28. The average molecular weight is 243 g/mol. The van der Waals surface area contributed by atoms with E-state index in [-0.39, 0.29) is 0 Å². The van der Waals surface area contributed by atoms with Gasteiger partial charge in [0.2, 0.25) is 0 Å². The van der Waals surface area contributed by atoms with E-state index < -0.39 is 0 Å². The zero-order valence-corrected chi connectivity index (χ0v) is 10.5. The van der Waals surface area contributed by atoms with Crippen LogP contribution in [0.25, 0.3) is 5.65 Å². The first-order valence-electron chi connectivity index (χ1n) is 6.90. The standard InChI is InChI=1S/C13H17N5/c1-2-7-17(8-3-1)13-11-6-4-5-10(11)12-15-14-9-18(12)16-13/h9H,1-8H2. The predicted molar refractivity (Wildman–Crippen MR) is 68.9 cm³/mol. The van der Waals surface area contributed by atoms with Gasteiger partial charge >= 0.3 is 0 Å². The van der Waals surface area contributed by atoms with Crippen molar-refractivity contribution in [1.29, 1.82) is 0 Å². The lowest BCUT2D eigenvalue weighted by atomic mass is 10.1. The number of nitrogens with zero attached hydrogens (tertiary/aromatic N) is 5. The number of piperidine rings is 1. The second kappa shape index (κ2) is 3.93. The van der Waals surface area contributed by atoms with Gasteiger partial charge in [-0.15, -0.1) is 15.3 Å². The Bertz CT molecular complexity index is 582. The van der Waals surface area contributed by atoms with E-state index >= 15 is 0 Å². The van der Waals surface area contributed by atoms with Crippen molar-refractivity contribution in [3.63, 3.8) is 0 Å². The molecule has 0 bridgehead atoms. The van der Waals surface area contributed by atoms with Gasteiger partial charge in [-0.2, -0.15) is 4.52 Å². The molecule has 94 valence electrons. The van der Waals surface area contributed by atoms with Gasteiger partial charge in [0.05, 0.1) is 0 Å². The number of aromatic nitrogens is 4. The van der Waals surface area contributed by atoms with Crippen molar-refractivity contribution in [3.8, 4) is 0 Å². The summed E-state index contributed by atoms with van der Waals surface area (Å²) in [5, 5.41) is 13.0. The van der Waals surface area contributed by atoms with Crippen LogP contribution in [-0.4, -0.2) is 32.9 Å². The fourth-order valence-corrected chi connectivity index (χ4v) is 3.26. The third-order valence-corrected chi connectivity index (χ3v) is 4.15.